The zero-order valence-electron chi connectivity index (χ0n) is 10.1. The topological polar surface area (TPSA) is 91.0 Å². The lowest BCUT2D eigenvalue weighted by atomic mass is 9.94. The van der Waals surface area contributed by atoms with Gasteiger partial charge in [-0.1, -0.05) is 12.8 Å². The highest BCUT2D eigenvalue weighted by Crippen LogP contribution is 2.23. The van der Waals surface area contributed by atoms with E-state index in [0.29, 0.717) is 0 Å². The van der Waals surface area contributed by atoms with Crippen molar-refractivity contribution < 1.29 is 24.1 Å². The molecule has 1 aliphatic rings. The number of carbonyl (C=O) groups is 1. The molecule has 6 heteroatoms. The molecule has 3 unspecified atom stereocenters. The van der Waals surface area contributed by atoms with E-state index in [4.69, 9.17) is 15.2 Å². The molecule has 0 saturated heterocycles. The molecule has 0 radical (unpaired) electrons. The quantitative estimate of drug-likeness (QED) is 0.709. The van der Waals surface area contributed by atoms with Crippen LogP contribution in [0.3, 0.4) is 0 Å². The van der Waals surface area contributed by atoms with Crippen molar-refractivity contribution in [2.24, 2.45) is 5.73 Å². The van der Waals surface area contributed by atoms with Gasteiger partial charge in [0.25, 0.3) is 0 Å². The van der Waals surface area contributed by atoms with Crippen LogP contribution in [0.4, 0.5) is 4.79 Å². The number of primary amides is 1. The molecule has 1 saturated carbocycles. The molecule has 1 aliphatic carbocycles. The number of nitrogens with two attached hydrogens (primary N) is 1. The van der Waals surface area contributed by atoms with Crippen LogP contribution in [0.15, 0.2) is 0 Å². The fourth-order valence-corrected chi connectivity index (χ4v) is 1.98. The van der Waals surface area contributed by atoms with Gasteiger partial charge in [-0.3, -0.25) is 0 Å². The third kappa shape index (κ3) is 5.34. The molecule has 0 aromatic heterocycles. The summed E-state index contributed by atoms with van der Waals surface area (Å²) in [6.45, 7) is -0.0164. The highest BCUT2D eigenvalue weighted by Gasteiger charge is 2.26. The summed E-state index contributed by atoms with van der Waals surface area (Å²) in [7, 11) is 1.67. The van der Waals surface area contributed by atoms with Crippen LogP contribution in [0, 0.1) is 0 Å². The van der Waals surface area contributed by atoms with Gasteiger partial charge in [0.05, 0.1) is 18.8 Å². The van der Waals surface area contributed by atoms with Crippen molar-refractivity contribution in [3.63, 3.8) is 0 Å². The molecule has 0 aliphatic heterocycles. The number of hydrogen-bond donors (Lipinski definition) is 2. The van der Waals surface area contributed by atoms with E-state index >= 15 is 0 Å². The summed E-state index contributed by atoms with van der Waals surface area (Å²) < 4.78 is 15.4. The van der Waals surface area contributed by atoms with Gasteiger partial charge in [-0.05, 0) is 12.8 Å². The number of methoxy groups -OCH3 is 1. The fourth-order valence-electron chi connectivity index (χ4n) is 1.98. The predicted molar refractivity (Wildman–Crippen MR) is 60.5 cm³/mol. The van der Waals surface area contributed by atoms with E-state index in [1.807, 2.05) is 0 Å². The van der Waals surface area contributed by atoms with E-state index < -0.39 is 12.2 Å². The molecule has 0 aromatic rings. The third-order valence-electron chi connectivity index (χ3n) is 2.87. The molecule has 0 bridgehead atoms. The molecule has 1 amide bonds. The Bertz CT molecular complexity index is 236. The Balaban J connectivity index is 2.21. The van der Waals surface area contributed by atoms with Crippen molar-refractivity contribution in [2.45, 2.75) is 44.0 Å². The lowest BCUT2D eigenvalue weighted by Crippen LogP contribution is -2.37. The summed E-state index contributed by atoms with van der Waals surface area (Å²) in [5, 5.41) is 9.49. The van der Waals surface area contributed by atoms with Crippen molar-refractivity contribution in [3.05, 3.63) is 0 Å². The average Bonchev–Trinajstić information content (AvgIpc) is 2.34. The zero-order chi connectivity index (χ0) is 12.7. The van der Waals surface area contributed by atoms with E-state index in [9.17, 15) is 9.90 Å². The fraction of sp³-hybridized carbons (Fsp3) is 0.909. The molecular formula is C11H21NO5. The summed E-state index contributed by atoms with van der Waals surface area (Å²) in [6.07, 6.45) is 2.53. The van der Waals surface area contributed by atoms with Crippen LogP contribution in [-0.4, -0.2) is 49.8 Å². The minimum atomic E-state index is -0.892. The van der Waals surface area contributed by atoms with Gasteiger partial charge < -0.3 is 25.1 Å². The van der Waals surface area contributed by atoms with Gasteiger partial charge >= 0.3 is 6.09 Å². The summed E-state index contributed by atoms with van der Waals surface area (Å²) in [5.74, 6) is 0. The van der Waals surface area contributed by atoms with E-state index in [2.05, 4.69) is 4.74 Å². The zero-order valence-corrected chi connectivity index (χ0v) is 10.1. The lowest BCUT2D eigenvalue weighted by molar-refractivity contribution is -0.101. The van der Waals surface area contributed by atoms with Crippen molar-refractivity contribution in [2.75, 3.05) is 20.3 Å². The number of ether oxygens (including phenoxy) is 3. The monoisotopic (exact) mass is 247 g/mol. The maximum atomic E-state index is 10.3. The molecule has 17 heavy (non-hydrogen) atoms. The van der Waals surface area contributed by atoms with Gasteiger partial charge in [-0.2, -0.15) is 0 Å². The molecule has 1 fully saturated rings. The molecule has 100 valence electrons. The normalized spacial score (nSPS) is 26.5. The minimum Gasteiger partial charge on any atom is -0.447 e. The molecule has 1 rings (SSSR count). The average molecular weight is 247 g/mol. The smallest absolute Gasteiger partial charge is 0.404 e. The SMILES string of the molecule is COC1CCCCC1OCC(O)COC(N)=O. The minimum absolute atomic E-state index is 0.0111. The number of aliphatic hydroxyl groups is 1. The second kappa shape index (κ2) is 7.47. The number of carbonyl (C=O) groups excluding carboxylic acids is 1. The molecule has 0 aromatic carbocycles. The number of amides is 1. The predicted octanol–water partition coefficient (Wildman–Crippen LogP) is 0.417. The Morgan fingerprint density at radius 1 is 1.35 bits per heavy atom. The van der Waals surface area contributed by atoms with E-state index in [0.717, 1.165) is 25.7 Å². The van der Waals surface area contributed by atoms with Crippen LogP contribution in [0.1, 0.15) is 25.7 Å². The van der Waals surface area contributed by atoms with E-state index in [1.54, 1.807) is 7.11 Å². The summed E-state index contributed by atoms with van der Waals surface area (Å²) in [5.41, 5.74) is 4.79. The summed E-state index contributed by atoms with van der Waals surface area (Å²) in [4.78, 5) is 10.3. The molecular weight excluding hydrogens is 226 g/mol. The van der Waals surface area contributed by atoms with Gasteiger partial charge in [0, 0.05) is 7.11 Å². The van der Waals surface area contributed by atoms with Crippen LogP contribution >= 0.6 is 0 Å². The van der Waals surface area contributed by atoms with Gasteiger partial charge in [0.15, 0.2) is 0 Å². The van der Waals surface area contributed by atoms with Gasteiger partial charge in [-0.15, -0.1) is 0 Å². The summed E-state index contributed by atoms with van der Waals surface area (Å²) >= 11 is 0. The van der Waals surface area contributed by atoms with E-state index in [1.165, 1.54) is 0 Å². The van der Waals surface area contributed by atoms with Gasteiger partial charge in [0.2, 0.25) is 0 Å². The Morgan fingerprint density at radius 3 is 2.59 bits per heavy atom. The molecule has 0 spiro atoms. The molecule has 0 heterocycles. The second-order valence-corrected chi connectivity index (χ2v) is 4.21. The Hall–Kier alpha value is -0.850. The van der Waals surface area contributed by atoms with Crippen LogP contribution in [0.5, 0.6) is 0 Å². The van der Waals surface area contributed by atoms with Crippen molar-refractivity contribution in [1.82, 2.24) is 0 Å². The van der Waals surface area contributed by atoms with Gasteiger partial charge in [-0.25, -0.2) is 4.79 Å². The first-order valence-electron chi connectivity index (χ1n) is 5.88. The Labute approximate surface area is 101 Å². The molecule has 3 atom stereocenters. The van der Waals surface area contributed by atoms with E-state index in [-0.39, 0.29) is 25.4 Å². The van der Waals surface area contributed by atoms with Crippen LogP contribution < -0.4 is 5.73 Å². The van der Waals surface area contributed by atoms with Crippen LogP contribution in [0.25, 0.3) is 0 Å². The molecule has 3 N–H and O–H groups in total. The van der Waals surface area contributed by atoms with Crippen LogP contribution in [-0.2, 0) is 14.2 Å². The highest BCUT2D eigenvalue weighted by molar-refractivity contribution is 5.64. The second-order valence-electron chi connectivity index (χ2n) is 4.21. The number of aliphatic hydroxyl groups excluding tert-OH is 1. The van der Waals surface area contributed by atoms with Crippen molar-refractivity contribution in [1.29, 1.82) is 0 Å². The standard InChI is InChI=1S/C11H21NO5/c1-15-9-4-2-3-5-10(9)16-6-8(13)7-17-11(12)14/h8-10,13H,2-7H2,1H3,(H2,12,14). The third-order valence-corrected chi connectivity index (χ3v) is 2.87. The molecule has 6 nitrogen and oxygen atoms in total. The largest absolute Gasteiger partial charge is 0.447 e. The first kappa shape index (κ1) is 14.2. The Kier molecular flexibility index (Phi) is 6.25. The summed E-state index contributed by atoms with van der Waals surface area (Å²) in [6, 6.07) is 0. The van der Waals surface area contributed by atoms with Crippen LogP contribution in [0.2, 0.25) is 0 Å². The number of hydrogen-bond acceptors (Lipinski definition) is 5. The maximum Gasteiger partial charge on any atom is 0.404 e. The first-order valence-corrected chi connectivity index (χ1v) is 5.88. The first-order chi connectivity index (χ1) is 8.13. The van der Waals surface area contributed by atoms with Gasteiger partial charge in [0.1, 0.15) is 12.7 Å². The maximum absolute atomic E-state index is 10.3. The van der Waals surface area contributed by atoms with Crippen molar-refractivity contribution >= 4 is 6.09 Å². The lowest BCUT2D eigenvalue weighted by Gasteiger charge is -2.30. The number of rotatable bonds is 6. The van der Waals surface area contributed by atoms with Crippen molar-refractivity contribution in [3.8, 4) is 0 Å². The highest BCUT2D eigenvalue weighted by atomic mass is 16.6. The Morgan fingerprint density at radius 2 is 2.00 bits per heavy atom.